The van der Waals surface area contributed by atoms with Crippen LogP contribution in [0, 0.1) is 0 Å². The smallest absolute Gasteiger partial charge is 0.397 e. The van der Waals surface area contributed by atoms with Crippen LogP contribution in [0.2, 0.25) is 0 Å². The van der Waals surface area contributed by atoms with Crippen LogP contribution in [-0.4, -0.2) is 31.7 Å². The van der Waals surface area contributed by atoms with Crippen molar-refractivity contribution in [3.05, 3.63) is 0 Å². The highest BCUT2D eigenvalue weighted by atomic mass is 32.3. The van der Waals surface area contributed by atoms with Crippen LogP contribution in [0.1, 0.15) is 117 Å². The van der Waals surface area contributed by atoms with E-state index < -0.39 is 10.4 Å². The molecule has 0 aliphatic heterocycles. The Kier molecular flexibility index (Phi) is 17.9. The standard InChI is InChI=1S/C21H42O6S/c1-20(2)27-21(22)18-16-14-12-10-8-6-4-3-5-7-9-11-13-15-17-19-26-28(23,24)25/h20H,3-19H2,1-2H3,(H,23,24,25). The van der Waals surface area contributed by atoms with Crippen LogP contribution < -0.4 is 0 Å². The molecule has 0 radical (unpaired) electrons. The SMILES string of the molecule is CC(C)OC(=O)CCCCCCCCCCCCCCCCCOS(=O)(=O)O. The van der Waals surface area contributed by atoms with Crippen LogP contribution in [0.4, 0.5) is 0 Å². The second-order valence-electron chi connectivity index (χ2n) is 7.84. The second-order valence-corrected chi connectivity index (χ2v) is 8.93. The van der Waals surface area contributed by atoms with Gasteiger partial charge in [-0.1, -0.05) is 83.5 Å². The van der Waals surface area contributed by atoms with E-state index in [0.717, 1.165) is 25.7 Å². The van der Waals surface area contributed by atoms with Crippen LogP contribution in [0.5, 0.6) is 0 Å². The third-order valence-electron chi connectivity index (χ3n) is 4.62. The van der Waals surface area contributed by atoms with Crippen molar-refractivity contribution < 1.29 is 26.7 Å². The number of ether oxygens (including phenoxy) is 1. The molecule has 0 saturated carbocycles. The summed E-state index contributed by atoms with van der Waals surface area (Å²) >= 11 is 0. The molecular formula is C21H42O6S. The maximum atomic E-state index is 11.4. The number of hydrogen-bond acceptors (Lipinski definition) is 5. The summed E-state index contributed by atoms with van der Waals surface area (Å²) in [4.78, 5) is 11.4. The monoisotopic (exact) mass is 422 g/mol. The molecule has 0 fully saturated rings. The van der Waals surface area contributed by atoms with E-state index >= 15 is 0 Å². The average molecular weight is 423 g/mol. The molecule has 0 aromatic heterocycles. The fraction of sp³-hybridized carbons (Fsp3) is 0.952. The molecular weight excluding hydrogens is 380 g/mol. The quantitative estimate of drug-likeness (QED) is 0.147. The third kappa shape index (κ3) is 23.4. The van der Waals surface area contributed by atoms with Crippen molar-refractivity contribution in [2.45, 2.75) is 123 Å². The molecule has 0 aromatic carbocycles. The largest absolute Gasteiger partial charge is 0.463 e. The summed E-state index contributed by atoms with van der Waals surface area (Å²) in [5, 5.41) is 0. The summed E-state index contributed by atoms with van der Waals surface area (Å²) in [7, 11) is -4.27. The molecule has 0 heterocycles. The van der Waals surface area contributed by atoms with Gasteiger partial charge in [0.25, 0.3) is 0 Å². The van der Waals surface area contributed by atoms with Gasteiger partial charge in [0.1, 0.15) is 0 Å². The number of unbranched alkanes of at least 4 members (excludes halogenated alkanes) is 14. The van der Waals surface area contributed by atoms with E-state index in [9.17, 15) is 13.2 Å². The van der Waals surface area contributed by atoms with Gasteiger partial charge in [-0.2, -0.15) is 8.42 Å². The molecule has 0 unspecified atom stereocenters. The molecule has 1 N–H and O–H groups in total. The minimum absolute atomic E-state index is 0.00634. The van der Waals surface area contributed by atoms with E-state index in [1.54, 1.807) is 0 Å². The van der Waals surface area contributed by atoms with Crippen LogP contribution >= 0.6 is 0 Å². The van der Waals surface area contributed by atoms with Crippen LogP contribution in [0.25, 0.3) is 0 Å². The highest BCUT2D eigenvalue weighted by Crippen LogP contribution is 2.14. The molecule has 0 aliphatic carbocycles. The Morgan fingerprint density at radius 3 is 1.43 bits per heavy atom. The molecule has 7 heteroatoms. The van der Waals surface area contributed by atoms with Gasteiger partial charge < -0.3 is 4.74 Å². The Hall–Kier alpha value is -0.660. The van der Waals surface area contributed by atoms with E-state index in [4.69, 9.17) is 9.29 Å². The Bertz CT molecular complexity index is 462. The molecule has 0 rings (SSSR count). The predicted molar refractivity (Wildman–Crippen MR) is 113 cm³/mol. The van der Waals surface area contributed by atoms with Crippen molar-refractivity contribution in [3.8, 4) is 0 Å². The van der Waals surface area contributed by atoms with Crippen molar-refractivity contribution in [1.82, 2.24) is 0 Å². The second kappa shape index (κ2) is 18.4. The van der Waals surface area contributed by atoms with Crippen LogP contribution in [0.15, 0.2) is 0 Å². The summed E-state index contributed by atoms with van der Waals surface area (Å²) in [6.45, 7) is 3.84. The van der Waals surface area contributed by atoms with Crippen LogP contribution in [0.3, 0.4) is 0 Å². The Labute approximate surface area is 172 Å². The van der Waals surface area contributed by atoms with Crippen molar-refractivity contribution in [3.63, 3.8) is 0 Å². The van der Waals surface area contributed by atoms with Gasteiger partial charge in [-0.25, -0.2) is 4.18 Å². The lowest BCUT2D eigenvalue weighted by molar-refractivity contribution is -0.147. The molecule has 0 saturated heterocycles. The maximum absolute atomic E-state index is 11.4. The molecule has 0 amide bonds. The van der Waals surface area contributed by atoms with Crippen molar-refractivity contribution in [2.75, 3.05) is 6.61 Å². The normalized spacial score (nSPS) is 11.9. The Balaban J connectivity index is 3.13. The fourth-order valence-corrected chi connectivity index (χ4v) is 3.48. The van der Waals surface area contributed by atoms with Gasteiger partial charge in [0.2, 0.25) is 0 Å². The van der Waals surface area contributed by atoms with Gasteiger partial charge >= 0.3 is 16.4 Å². The van der Waals surface area contributed by atoms with E-state index in [-0.39, 0.29) is 18.7 Å². The van der Waals surface area contributed by atoms with E-state index in [1.807, 2.05) is 13.8 Å². The molecule has 168 valence electrons. The van der Waals surface area contributed by atoms with Crippen molar-refractivity contribution >= 4 is 16.4 Å². The molecule has 6 nitrogen and oxygen atoms in total. The zero-order valence-corrected chi connectivity index (χ0v) is 18.8. The zero-order chi connectivity index (χ0) is 21.1. The van der Waals surface area contributed by atoms with Gasteiger partial charge in [-0.15, -0.1) is 0 Å². The van der Waals surface area contributed by atoms with Gasteiger partial charge in [-0.3, -0.25) is 9.35 Å². The maximum Gasteiger partial charge on any atom is 0.397 e. The third-order valence-corrected chi connectivity index (χ3v) is 5.09. The van der Waals surface area contributed by atoms with E-state index in [1.165, 1.54) is 64.2 Å². The lowest BCUT2D eigenvalue weighted by Crippen LogP contribution is -2.10. The van der Waals surface area contributed by atoms with E-state index in [2.05, 4.69) is 4.18 Å². The first kappa shape index (κ1) is 27.3. The van der Waals surface area contributed by atoms with Crippen LogP contribution in [-0.2, 0) is 24.1 Å². The first-order valence-electron chi connectivity index (χ1n) is 11.1. The summed E-state index contributed by atoms with van der Waals surface area (Å²) in [6.07, 6.45) is 18.0. The molecule has 0 bridgehead atoms. The lowest BCUT2D eigenvalue weighted by atomic mass is 10.0. The fourth-order valence-electron chi connectivity index (χ4n) is 3.16. The van der Waals surface area contributed by atoms with Crippen molar-refractivity contribution in [1.29, 1.82) is 0 Å². The molecule has 0 atom stereocenters. The molecule has 0 aliphatic rings. The highest BCUT2D eigenvalue weighted by molar-refractivity contribution is 7.80. The van der Waals surface area contributed by atoms with Gasteiger partial charge in [-0.05, 0) is 26.7 Å². The van der Waals surface area contributed by atoms with Gasteiger partial charge in [0.05, 0.1) is 12.7 Å². The first-order chi connectivity index (χ1) is 13.3. The first-order valence-corrected chi connectivity index (χ1v) is 12.5. The zero-order valence-electron chi connectivity index (χ0n) is 18.0. The average Bonchev–Trinajstić information content (AvgIpc) is 2.59. The summed E-state index contributed by atoms with van der Waals surface area (Å²) in [5.74, 6) is -0.0684. The Morgan fingerprint density at radius 1 is 0.714 bits per heavy atom. The number of esters is 1. The summed E-state index contributed by atoms with van der Waals surface area (Å²) in [6, 6.07) is 0. The summed E-state index contributed by atoms with van der Waals surface area (Å²) < 4.78 is 38.5. The minimum Gasteiger partial charge on any atom is -0.463 e. The highest BCUT2D eigenvalue weighted by Gasteiger charge is 2.04. The number of carbonyl (C=O) groups excluding carboxylic acids is 1. The number of carbonyl (C=O) groups is 1. The van der Waals surface area contributed by atoms with Crippen molar-refractivity contribution in [2.24, 2.45) is 0 Å². The van der Waals surface area contributed by atoms with E-state index in [0.29, 0.717) is 12.8 Å². The summed E-state index contributed by atoms with van der Waals surface area (Å²) in [5.41, 5.74) is 0. The minimum atomic E-state index is -4.27. The van der Waals surface area contributed by atoms with Gasteiger partial charge in [0, 0.05) is 6.42 Å². The topological polar surface area (TPSA) is 89.9 Å². The number of rotatable bonds is 20. The predicted octanol–water partition coefficient (Wildman–Crippen LogP) is 6.00. The Morgan fingerprint density at radius 2 is 1.07 bits per heavy atom. The molecule has 28 heavy (non-hydrogen) atoms. The lowest BCUT2D eigenvalue weighted by Gasteiger charge is -2.07. The molecule has 0 spiro atoms. The number of hydrogen-bond donors (Lipinski definition) is 1. The van der Waals surface area contributed by atoms with Gasteiger partial charge in [0.15, 0.2) is 0 Å². The molecule has 0 aromatic rings.